The van der Waals surface area contributed by atoms with Gasteiger partial charge in [-0.15, -0.1) is 12.4 Å². The van der Waals surface area contributed by atoms with Crippen LogP contribution < -0.4 is 9.92 Å². The molecule has 262 valence electrons. The Kier molecular flexibility index (Phi) is 11.5. The number of rotatable bonds is 5. The van der Waals surface area contributed by atoms with Gasteiger partial charge in [0.1, 0.15) is 28.4 Å². The number of para-hydroxylation sites is 1. The summed E-state index contributed by atoms with van der Waals surface area (Å²) in [5, 5.41) is 63.5. The van der Waals surface area contributed by atoms with E-state index in [9.17, 15) is 53.1 Å². The molecule has 3 aliphatic rings. The average Bonchev–Trinajstić information content (AvgIpc) is 2.94. The van der Waals surface area contributed by atoms with E-state index in [1.807, 2.05) is 0 Å². The number of hydrogen-bond acceptors (Lipinski definition) is 13. The lowest BCUT2D eigenvalue weighted by Gasteiger charge is -2.53. The van der Waals surface area contributed by atoms with Crippen molar-refractivity contribution in [3.63, 3.8) is 0 Å². The predicted octanol–water partition coefficient (Wildman–Crippen LogP) is -0.341. The Morgan fingerprint density at radius 1 is 1.02 bits per heavy atom. The van der Waals surface area contributed by atoms with Crippen LogP contribution in [0.25, 0.3) is 5.76 Å². The maximum atomic E-state index is 13.7. The van der Waals surface area contributed by atoms with Gasteiger partial charge in [-0.3, -0.25) is 23.8 Å². The van der Waals surface area contributed by atoms with E-state index < -0.39 is 97.8 Å². The molecule has 1 saturated carbocycles. The summed E-state index contributed by atoms with van der Waals surface area (Å²) in [5.74, 6) is -10.6. The number of carbonyl (C=O) groups excluding carboxylic acids is 3. The molecular formula is C29H33ClN2O15S. The van der Waals surface area contributed by atoms with Crippen LogP contribution in [-0.4, -0.2) is 109 Å². The lowest BCUT2D eigenvalue weighted by atomic mass is 9.54. The minimum absolute atomic E-state index is 0. The molecule has 2 aromatic rings. The molecule has 5 rings (SSSR count). The van der Waals surface area contributed by atoms with Crippen molar-refractivity contribution < 1.29 is 72.4 Å². The van der Waals surface area contributed by atoms with Crippen LogP contribution in [0, 0.1) is 11.8 Å². The number of aromatic carboxylic acids is 1. The van der Waals surface area contributed by atoms with E-state index in [1.165, 1.54) is 37.2 Å². The van der Waals surface area contributed by atoms with Crippen LogP contribution in [0.15, 0.2) is 59.4 Å². The second kappa shape index (κ2) is 13.9. The van der Waals surface area contributed by atoms with Crippen LogP contribution in [0.1, 0.15) is 34.3 Å². The summed E-state index contributed by atoms with van der Waals surface area (Å²) >= 11 is 0. The molecule has 1 fully saturated rings. The minimum Gasteiger partial charge on any atom is -0.508 e. The molecule has 0 heterocycles. The maximum absolute atomic E-state index is 13.7. The number of carboxylic acid groups (broad SMARTS) is 1. The highest BCUT2D eigenvalue weighted by atomic mass is 35.5. The summed E-state index contributed by atoms with van der Waals surface area (Å²) < 4.78 is 33.0. The zero-order valence-electron chi connectivity index (χ0n) is 25.3. The molecule has 2 aromatic carbocycles. The summed E-state index contributed by atoms with van der Waals surface area (Å²) in [6, 6.07) is 8.19. The largest absolute Gasteiger partial charge is 0.508 e. The second-order valence-electron chi connectivity index (χ2n) is 11.1. The number of carboxylic acids is 1. The van der Waals surface area contributed by atoms with E-state index >= 15 is 0 Å². The van der Waals surface area contributed by atoms with Crippen LogP contribution in [0.3, 0.4) is 0 Å². The topological polar surface area (TPSA) is 314 Å². The molecule has 3 aliphatic carbocycles. The van der Waals surface area contributed by atoms with Gasteiger partial charge in [0.15, 0.2) is 17.1 Å². The molecule has 0 radical (unpaired) electrons. The summed E-state index contributed by atoms with van der Waals surface area (Å²) in [6.45, 7) is 1.68. The van der Waals surface area contributed by atoms with Gasteiger partial charge in [-0.05, 0) is 43.8 Å². The van der Waals surface area contributed by atoms with Gasteiger partial charge in [0.05, 0.1) is 23.6 Å². The highest BCUT2D eigenvalue weighted by Crippen LogP contribution is 2.55. The minimum atomic E-state index is -4.70. The number of phenolic OH excluding ortho intramolecular Hbond substituents is 1. The number of aliphatic hydroxyl groups is 4. The van der Waals surface area contributed by atoms with Crippen LogP contribution in [0.2, 0.25) is 0 Å². The fourth-order valence-corrected chi connectivity index (χ4v) is 6.78. The first-order valence-corrected chi connectivity index (χ1v) is 14.8. The van der Waals surface area contributed by atoms with Gasteiger partial charge >= 0.3 is 16.4 Å². The van der Waals surface area contributed by atoms with E-state index in [4.69, 9.17) is 15.4 Å². The molecule has 0 bridgehead atoms. The number of fused-ring (bicyclic) bond motifs is 3. The third-order valence-corrected chi connectivity index (χ3v) is 8.70. The Hall–Kier alpha value is -4.56. The Balaban J connectivity index is 0.000000425. The SMILES string of the molecule is C[C@H]1c2cccc(O)c2C(O)=C2C(=O)[C@]3(O)C(O)=C(C(N)=O)C(=O)[C@@H](N(C)C)[C@@H]3[C@@H](O)[C@@H]21.Cl.O.O=C(O)c1ccccc1OS(=O)(=O)O. The van der Waals surface area contributed by atoms with Crippen molar-refractivity contribution in [3.8, 4) is 11.5 Å². The van der Waals surface area contributed by atoms with Gasteiger partial charge in [0.2, 0.25) is 5.78 Å². The van der Waals surface area contributed by atoms with Crippen molar-refractivity contribution in [1.82, 2.24) is 4.90 Å². The van der Waals surface area contributed by atoms with Crippen molar-refractivity contribution in [1.29, 1.82) is 0 Å². The molecule has 17 nitrogen and oxygen atoms in total. The fourth-order valence-electron chi connectivity index (χ4n) is 6.41. The number of aromatic hydroxyl groups is 1. The van der Waals surface area contributed by atoms with Crippen LogP contribution in [-0.2, 0) is 24.8 Å². The third kappa shape index (κ3) is 6.33. The Labute approximate surface area is 278 Å². The normalized spacial score (nSPS) is 26.1. The van der Waals surface area contributed by atoms with E-state index in [2.05, 4.69) is 4.18 Å². The monoisotopic (exact) mass is 716 g/mol. The van der Waals surface area contributed by atoms with Crippen molar-refractivity contribution in [2.75, 3.05) is 14.1 Å². The molecule has 1 amide bonds. The number of carbonyl (C=O) groups is 4. The third-order valence-electron chi connectivity index (χ3n) is 8.31. The standard InChI is InChI=1S/C22H24N2O8.C7H6O6S.ClH.H2O/c1-7-8-5-4-6-9(25)11(8)16(26)12-10(7)17(27)14-15(24(2)3)18(28)13(21(23)31)20(30)22(14,32)19(12)29;8-7(9)5-3-1-2-4-6(5)13-14(10,11)12;;/h4-7,10,14-15,17,25-27,30,32H,1-3H3,(H2,23,31);1-4H,(H,8,9)(H,10,11,12);1H;1H2/t7-,10+,14+,15-,17-,22-;;;/m0.../s1. The second-order valence-corrected chi connectivity index (χ2v) is 12.1. The Bertz CT molecular complexity index is 1840. The average molecular weight is 717 g/mol. The summed E-state index contributed by atoms with van der Waals surface area (Å²) in [5.41, 5.74) is 1.13. The lowest BCUT2D eigenvalue weighted by Crippen LogP contribution is -2.70. The highest BCUT2D eigenvalue weighted by molar-refractivity contribution is 7.81. The zero-order chi connectivity index (χ0) is 34.6. The van der Waals surface area contributed by atoms with Crippen molar-refractivity contribution in [2.24, 2.45) is 17.6 Å². The molecule has 6 atom stereocenters. The summed E-state index contributed by atoms with van der Waals surface area (Å²) in [4.78, 5) is 50.5. The van der Waals surface area contributed by atoms with E-state index in [0.29, 0.717) is 5.56 Å². The van der Waals surface area contributed by atoms with Crippen molar-refractivity contribution >= 4 is 52.0 Å². The highest BCUT2D eigenvalue weighted by Gasteiger charge is 2.68. The smallest absolute Gasteiger partial charge is 0.446 e. The number of nitrogens with two attached hydrogens (primary N) is 1. The van der Waals surface area contributed by atoms with E-state index in [-0.39, 0.29) is 34.8 Å². The molecule has 0 aliphatic heterocycles. The lowest BCUT2D eigenvalue weighted by molar-refractivity contribution is -0.169. The van der Waals surface area contributed by atoms with E-state index in [1.54, 1.807) is 19.1 Å². The van der Waals surface area contributed by atoms with Crippen LogP contribution in [0.4, 0.5) is 0 Å². The Morgan fingerprint density at radius 2 is 1.60 bits per heavy atom. The summed E-state index contributed by atoms with van der Waals surface area (Å²) in [6.07, 6.45) is -1.59. The number of likely N-dealkylation sites (N-methyl/N-ethyl adjacent to an activating group) is 1. The number of hydrogen-bond donors (Lipinski definition) is 8. The van der Waals surface area contributed by atoms with Gasteiger partial charge < -0.3 is 46.0 Å². The number of amides is 1. The molecule has 0 saturated heterocycles. The van der Waals surface area contributed by atoms with Gasteiger partial charge in [-0.2, -0.15) is 8.42 Å². The Morgan fingerprint density at radius 3 is 2.12 bits per heavy atom. The number of phenols is 1. The quantitative estimate of drug-likeness (QED) is 0.145. The number of ketones is 2. The van der Waals surface area contributed by atoms with Gasteiger partial charge in [-0.25, -0.2) is 4.79 Å². The molecule has 48 heavy (non-hydrogen) atoms. The number of primary amides is 1. The first kappa shape index (κ1) is 39.6. The first-order chi connectivity index (χ1) is 21.3. The van der Waals surface area contributed by atoms with Crippen LogP contribution in [0.5, 0.6) is 11.5 Å². The van der Waals surface area contributed by atoms with Gasteiger partial charge in [0.25, 0.3) is 5.91 Å². The number of Topliss-reactive ketones (excluding diaryl/α,β-unsaturated/α-hetero) is 2. The fraction of sp³-hybridized carbons (Fsp3) is 0.310. The van der Waals surface area contributed by atoms with Gasteiger partial charge in [-0.1, -0.05) is 31.2 Å². The van der Waals surface area contributed by atoms with Crippen LogP contribution >= 0.6 is 12.4 Å². The first-order valence-electron chi connectivity index (χ1n) is 13.4. The predicted molar refractivity (Wildman–Crippen MR) is 167 cm³/mol. The molecule has 0 aromatic heterocycles. The van der Waals surface area contributed by atoms with Crippen molar-refractivity contribution in [2.45, 2.75) is 30.6 Å². The zero-order valence-corrected chi connectivity index (χ0v) is 26.9. The molecule has 0 spiro atoms. The maximum Gasteiger partial charge on any atom is 0.446 e. The summed E-state index contributed by atoms with van der Waals surface area (Å²) in [7, 11) is -1.78. The van der Waals surface area contributed by atoms with Crippen molar-refractivity contribution in [3.05, 3.63) is 76.1 Å². The molecule has 11 N–H and O–H groups in total. The number of benzene rings is 2. The number of halogens is 1. The molecule has 19 heteroatoms. The van der Waals surface area contributed by atoms with E-state index in [0.717, 1.165) is 12.1 Å². The number of nitrogens with zero attached hydrogens (tertiary/aromatic N) is 1. The van der Waals surface area contributed by atoms with Gasteiger partial charge in [0, 0.05) is 11.5 Å². The molecular weight excluding hydrogens is 684 g/mol. The number of aliphatic hydroxyl groups excluding tert-OH is 3. The molecule has 0 unspecified atom stereocenters.